The lowest BCUT2D eigenvalue weighted by Gasteiger charge is -2.54. The van der Waals surface area contributed by atoms with E-state index in [2.05, 4.69) is 25.3 Å². The van der Waals surface area contributed by atoms with Crippen molar-refractivity contribution in [2.45, 2.75) is 58.3 Å². The van der Waals surface area contributed by atoms with E-state index in [1.165, 1.54) is 18.2 Å². The first kappa shape index (κ1) is 24.6. The molecule has 2 aliphatic rings. The van der Waals surface area contributed by atoms with Crippen molar-refractivity contribution < 1.29 is 32.4 Å². The van der Waals surface area contributed by atoms with Crippen LogP contribution in [0.4, 0.5) is 13.2 Å². The van der Waals surface area contributed by atoms with E-state index in [-0.39, 0.29) is 17.4 Å². The minimum Gasteiger partial charge on any atom is -0.475 e. The van der Waals surface area contributed by atoms with Gasteiger partial charge in [0, 0.05) is 30.5 Å². The maximum absolute atomic E-state index is 12.4. The van der Waals surface area contributed by atoms with Gasteiger partial charge in [-0.1, -0.05) is 5.16 Å². The summed E-state index contributed by atoms with van der Waals surface area (Å²) < 4.78 is 37.0. The minimum absolute atomic E-state index is 0.111. The maximum Gasteiger partial charge on any atom is 0.490 e. The summed E-state index contributed by atoms with van der Waals surface area (Å²) >= 11 is 0. The summed E-state index contributed by atoms with van der Waals surface area (Å²) in [5.74, 6) is -1.95. The van der Waals surface area contributed by atoms with E-state index in [0.29, 0.717) is 5.69 Å². The van der Waals surface area contributed by atoms with Gasteiger partial charge < -0.3 is 14.9 Å². The zero-order valence-corrected chi connectivity index (χ0v) is 18.4. The van der Waals surface area contributed by atoms with Crippen LogP contribution in [0, 0.1) is 19.3 Å². The summed E-state index contributed by atoms with van der Waals surface area (Å²) in [7, 11) is 0. The number of carboxylic acid groups (broad SMARTS) is 1. The van der Waals surface area contributed by atoms with Gasteiger partial charge in [-0.15, -0.1) is 0 Å². The van der Waals surface area contributed by atoms with Crippen molar-refractivity contribution in [1.29, 1.82) is 0 Å². The third kappa shape index (κ3) is 5.86. The Hall–Kier alpha value is -3.02. The number of nitrogens with zero attached hydrogens (tertiary/aromatic N) is 4. The number of hydrogen-bond acceptors (Lipinski definition) is 7. The van der Waals surface area contributed by atoms with Crippen LogP contribution in [-0.4, -0.2) is 62.3 Å². The highest BCUT2D eigenvalue weighted by Gasteiger charge is 2.48. The van der Waals surface area contributed by atoms with Crippen LogP contribution in [-0.2, 0) is 11.3 Å². The molecule has 2 N–H and O–H groups in total. The molecule has 1 unspecified atom stereocenters. The van der Waals surface area contributed by atoms with E-state index in [1.807, 2.05) is 13.8 Å². The van der Waals surface area contributed by atoms with Gasteiger partial charge in [0.15, 0.2) is 0 Å². The first-order valence-electron chi connectivity index (χ1n) is 10.5. The third-order valence-corrected chi connectivity index (χ3v) is 6.43. The largest absolute Gasteiger partial charge is 0.490 e. The summed E-state index contributed by atoms with van der Waals surface area (Å²) in [5.41, 5.74) is 2.83. The molecule has 9 nitrogen and oxygen atoms in total. The fourth-order valence-electron chi connectivity index (χ4n) is 4.28. The molecule has 4 rings (SSSR count). The second kappa shape index (κ2) is 9.86. The van der Waals surface area contributed by atoms with E-state index >= 15 is 0 Å². The number of carbonyl (C=O) groups is 2. The number of carbonyl (C=O) groups excluding carboxylic acids is 1. The first-order valence-corrected chi connectivity index (χ1v) is 10.5. The molecule has 12 heteroatoms. The average molecular weight is 469 g/mol. The Morgan fingerprint density at radius 2 is 1.91 bits per heavy atom. The third-order valence-electron chi connectivity index (χ3n) is 6.43. The Morgan fingerprint density at radius 1 is 1.24 bits per heavy atom. The van der Waals surface area contributed by atoms with Gasteiger partial charge in [0.05, 0.1) is 11.9 Å². The number of alkyl halides is 3. The Morgan fingerprint density at radius 3 is 2.36 bits per heavy atom. The first-order chi connectivity index (χ1) is 15.5. The van der Waals surface area contributed by atoms with Crippen molar-refractivity contribution in [2.24, 2.45) is 5.41 Å². The highest BCUT2D eigenvalue weighted by molar-refractivity contribution is 5.92. The van der Waals surface area contributed by atoms with Crippen molar-refractivity contribution in [3.63, 3.8) is 0 Å². The maximum atomic E-state index is 12.4. The van der Waals surface area contributed by atoms with Gasteiger partial charge >= 0.3 is 12.1 Å². The molecule has 1 atom stereocenters. The number of aryl methyl sites for hydroxylation is 2. The van der Waals surface area contributed by atoms with Crippen LogP contribution in [0.2, 0.25) is 0 Å². The molecule has 33 heavy (non-hydrogen) atoms. The summed E-state index contributed by atoms with van der Waals surface area (Å²) in [6, 6.07) is 0.248. The molecule has 0 bridgehead atoms. The lowest BCUT2D eigenvalue weighted by molar-refractivity contribution is -0.192. The molecule has 0 aromatic carbocycles. The van der Waals surface area contributed by atoms with Gasteiger partial charge in [-0.3, -0.25) is 14.7 Å². The lowest BCUT2D eigenvalue weighted by Crippen LogP contribution is -2.59. The normalized spacial score (nSPS) is 19.8. The molecule has 180 valence electrons. The van der Waals surface area contributed by atoms with Crippen molar-refractivity contribution >= 4 is 11.9 Å². The van der Waals surface area contributed by atoms with Gasteiger partial charge in [-0.25, -0.2) is 9.78 Å². The Kier molecular flexibility index (Phi) is 7.35. The SMILES string of the molecule is Cc1noc(C)c1CN1CCC2(CCC2NC(=O)c2cnccn2)CC1.O=C(O)C(F)(F)F. The molecular formula is C21H26F3N5O4. The van der Waals surface area contributed by atoms with Crippen LogP contribution in [0.3, 0.4) is 0 Å². The molecule has 2 aromatic rings. The number of amides is 1. The molecule has 3 heterocycles. The van der Waals surface area contributed by atoms with E-state index in [1.54, 1.807) is 12.4 Å². The van der Waals surface area contributed by atoms with Crippen LogP contribution >= 0.6 is 0 Å². The van der Waals surface area contributed by atoms with Crippen LogP contribution in [0.25, 0.3) is 0 Å². The van der Waals surface area contributed by atoms with Gasteiger partial charge in [0.25, 0.3) is 5.91 Å². The summed E-state index contributed by atoms with van der Waals surface area (Å²) in [6.07, 6.45) is 4.04. The lowest BCUT2D eigenvalue weighted by atomic mass is 9.59. The molecule has 2 fully saturated rings. The Labute approximate surface area is 188 Å². The monoisotopic (exact) mass is 469 g/mol. The Balaban J connectivity index is 0.000000383. The van der Waals surface area contributed by atoms with E-state index in [9.17, 15) is 18.0 Å². The van der Waals surface area contributed by atoms with Crippen LogP contribution in [0.5, 0.6) is 0 Å². The molecule has 1 aliphatic carbocycles. The van der Waals surface area contributed by atoms with Crippen LogP contribution < -0.4 is 5.32 Å². The van der Waals surface area contributed by atoms with E-state index < -0.39 is 12.1 Å². The number of aromatic nitrogens is 3. The number of carboxylic acids is 1. The zero-order valence-electron chi connectivity index (χ0n) is 18.4. The van der Waals surface area contributed by atoms with Crippen molar-refractivity contribution in [2.75, 3.05) is 13.1 Å². The molecule has 1 saturated carbocycles. The van der Waals surface area contributed by atoms with Crippen LogP contribution in [0.15, 0.2) is 23.1 Å². The summed E-state index contributed by atoms with van der Waals surface area (Å²) in [5, 5.41) is 14.4. The smallest absolute Gasteiger partial charge is 0.475 e. The van der Waals surface area contributed by atoms with Crippen molar-refractivity contribution in [3.05, 3.63) is 41.3 Å². The predicted octanol–water partition coefficient (Wildman–Crippen LogP) is 2.89. The topological polar surface area (TPSA) is 121 Å². The highest BCUT2D eigenvalue weighted by atomic mass is 19.4. The molecule has 1 amide bonds. The number of aliphatic carboxylic acids is 1. The van der Waals surface area contributed by atoms with Crippen molar-refractivity contribution in [1.82, 2.24) is 25.3 Å². The van der Waals surface area contributed by atoms with Gasteiger partial charge in [0.2, 0.25) is 0 Å². The molecule has 2 aromatic heterocycles. The molecule has 1 saturated heterocycles. The number of hydrogen-bond donors (Lipinski definition) is 2. The minimum atomic E-state index is -5.08. The number of halogens is 3. The predicted molar refractivity (Wildman–Crippen MR) is 109 cm³/mol. The second-order valence-corrected chi connectivity index (χ2v) is 8.40. The van der Waals surface area contributed by atoms with E-state index in [0.717, 1.165) is 50.4 Å². The number of rotatable bonds is 4. The number of nitrogens with one attached hydrogen (secondary N) is 1. The summed E-state index contributed by atoms with van der Waals surface area (Å²) in [4.78, 5) is 31.8. The fraction of sp³-hybridized carbons (Fsp3) is 0.571. The quantitative estimate of drug-likeness (QED) is 0.701. The molecule has 0 radical (unpaired) electrons. The van der Waals surface area contributed by atoms with Gasteiger partial charge in [-0.05, 0) is 58.0 Å². The standard InChI is InChI=1S/C19H25N5O2.C2HF3O2/c1-13-15(14(2)26-23-13)12-24-9-5-19(6-10-24)4-3-17(19)22-18(25)16-11-20-7-8-21-16;3-2(4,5)1(6)7/h7-8,11,17H,3-6,9-10,12H2,1-2H3,(H,22,25);(H,6,7). The summed E-state index contributed by atoms with van der Waals surface area (Å²) in [6.45, 7) is 6.96. The zero-order chi connectivity index (χ0) is 24.2. The van der Waals surface area contributed by atoms with Crippen molar-refractivity contribution in [3.8, 4) is 0 Å². The molecular weight excluding hydrogens is 443 g/mol. The van der Waals surface area contributed by atoms with E-state index in [4.69, 9.17) is 14.4 Å². The number of likely N-dealkylation sites (tertiary alicyclic amines) is 1. The van der Waals surface area contributed by atoms with Crippen LogP contribution in [0.1, 0.15) is 53.2 Å². The second-order valence-electron chi connectivity index (χ2n) is 8.40. The number of piperidine rings is 1. The Bertz CT molecular complexity index is 953. The molecule has 1 aliphatic heterocycles. The average Bonchev–Trinajstić information content (AvgIpc) is 3.09. The highest BCUT2D eigenvalue weighted by Crippen LogP contribution is 2.49. The molecule has 1 spiro atoms. The van der Waals surface area contributed by atoms with Gasteiger partial charge in [-0.2, -0.15) is 13.2 Å². The van der Waals surface area contributed by atoms with Gasteiger partial charge in [0.1, 0.15) is 11.5 Å². The fourth-order valence-corrected chi connectivity index (χ4v) is 4.28.